The molecule has 0 aliphatic rings. The summed E-state index contributed by atoms with van der Waals surface area (Å²) >= 11 is 9.68. The van der Waals surface area contributed by atoms with E-state index in [0.29, 0.717) is 15.6 Å². The van der Waals surface area contributed by atoms with Gasteiger partial charge in [0.2, 0.25) is 0 Å². The second-order valence-electron chi connectivity index (χ2n) is 6.09. The highest BCUT2D eigenvalue weighted by Crippen LogP contribution is 2.34. The molecule has 0 unspecified atom stereocenters. The van der Waals surface area contributed by atoms with Crippen LogP contribution in [0.5, 0.6) is 0 Å². The number of aryl methyl sites for hydroxylation is 1. The summed E-state index contributed by atoms with van der Waals surface area (Å²) in [6, 6.07) is 13.0. The second-order valence-corrected chi connectivity index (χ2v) is 8.77. The van der Waals surface area contributed by atoms with Gasteiger partial charge in [-0.3, -0.25) is 14.4 Å². The largest absolute Gasteiger partial charge is 0.454 e. The highest BCUT2D eigenvalue weighted by atomic mass is 127. The summed E-state index contributed by atoms with van der Waals surface area (Å²) in [6.45, 7) is 1.07. The summed E-state index contributed by atoms with van der Waals surface area (Å²) in [4.78, 5) is 36.5. The Morgan fingerprint density at radius 2 is 1.93 bits per heavy atom. The maximum absolute atomic E-state index is 12.3. The predicted molar refractivity (Wildman–Crippen MR) is 123 cm³/mol. The molecule has 2 N–H and O–H groups in total. The molecule has 6 nitrogen and oxygen atoms in total. The molecular weight excluding hydrogens is 527 g/mol. The van der Waals surface area contributed by atoms with Crippen molar-refractivity contribution in [2.75, 3.05) is 18.5 Å². The molecule has 0 saturated carbocycles. The van der Waals surface area contributed by atoms with Crippen molar-refractivity contribution in [3.8, 4) is 0 Å². The smallest absolute Gasteiger partial charge is 0.325 e. The van der Waals surface area contributed by atoms with E-state index in [1.165, 1.54) is 11.3 Å². The van der Waals surface area contributed by atoms with Crippen LogP contribution in [0.25, 0.3) is 10.1 Å². The fourth-order valence-corrected chi connectivity index (χ4v) is 4.62. The number of halogens is 2. The van der Waals surface area contributed by atoms with Gasteiger partial charge in [-0.2, -0.15) is 0 Å². The van der Waals surface area contributed by atoms with Gasteiger partial charge < -0.3 is 15.4 Å². The topological polar surface area (TPSA) is 84.5 Å². The van der Waals surface area contributed by atoms with Gasteiger partial charge in [0.25, 0.3) is 11.8 Å². The van der Waals surface area contributed by atoms with Crippen LogP contribution in [0.15, 0.2) is 42.5 Å². The summed E-state index contributed by atoms with van der Waals surface area (Å²) in [5.74, 6) is -1.64. The van der Waals surface area contributed by atoms with E-state index in [2.05, 4.69) is 33.2 Å². The van der Waals surface area contributed by atoms with E-state index in [0.717, 1.165) is 19.2 Å². The third kappa shape index (κ3) is 5.46. The summed E-state index contributed by atoms with van der Waals surface area (Å²) in [5, 5.41) is 6.29. The Kier molecular flexibility index (Phi) is 7.09. The quantitative estimate of drug-likeness (QED) is 0.358. The number of anilines is 1. The zero-order valence-electron chi connectivity index (χ0n) is 15.3. The first-order valence-corrected chi connectivity index (χ1v) is 10.8. The Balaban J connectivity index is 1.48. The third-order valence-electron chi connectivity index (χ3n) is 3.96. The van der Waals surface area contributed by atoms with Crippen molar-refractivity contribution in [2.45, 2.75) is 6.92 Å². The second kappa shape index (κ2) is 9.55. The number of esters is 1. The lowest BCUT2D eigenvalue weighted by molar-refractivity contribution is -0.146. The lowest BCUT2D eigenvalue weighted by atomic mass is 10.2. The number of rotatable bonds is 6. The maximum atomic E-state index is 12.3. The lowest BCUT2D eigenvalue weighted by Crippen LogP contribution is -2.32. The normalized spacial score (nSPS) is 10.6. The summed E-state index contributed by atoms with van der Waals surface area (Å²) in [7, 11) is 0. The lowest BCUT2D eigenvalue weighted by Gasteiger charge is -2.09. The molecule has 2 aromatic carbocycles. The van der Waals surface area contributed by atoms with Crippen LogP contribution in [0.4, 0.5) is 5.69 Å². The molecule has 3 rings (SSSR count). The Morgan fingerprint density at radius 1 is 1.17 bits per heavy atom. The van der Waals surface area contributed by atoms with Crippen LogP contribution in [0.2, 0.25) is 5.02 Å². The van der Waals surface area contributed by atoms with E-state index >= 15 is 0 Å². The molecule has 0 saturated heterocycles. The maximum Gasteiger partial charge on any atom is 0.325 e. The number of hydrogen-bond acceptors (Lipinski definition) is 5. The molecule has 0 aliphatic carbocycles. The van der Waals surface area contributed by atoms with Gasteiger partial charge in [0.15, 0.2) is 6.61 Å². The minimum absolute atomic E-state index is 0.326. The highest BCUT2D eigenvalue weighted by molar-refractivity contribution is 14.1. The van der Waals surface area contributed by atoms with Crippen LogP contribution < -0.4 is 10.6 Å². The average Bonchev–Trinajstić information content (AvgIpc) is 3.04. The highest BCUT2D eigenvalue weighted by Gasteiger charge is 2.18. The summed E-state index contributed by atoms with van der Waals surface area (Å²) < 4.78 is 6.86. The zero-order chi connectivity index (χ0) is 21.0. The van der Waals surface area contributed by atoms with Crippen molar-refractivity contribution >= 4 is 79.1 Å². The molecule has 0 bridgehead atoms. The van der Waals surface area contributed by atoms with Crippen LogP contribution in [0.3, 0.4) is 0 Å². The molecule has 29 heavy (non-hydrogen) atoms. The molecule has 1 aromatic heterocycles. The molecule has 0 aliphatic heterocycles. The predicted octanol–water partition coefficient (Wildman–Crippen LogP) is 4.38. The number of carbonyl (C=O) groups is 3. The van der Waals surface area contributed by atoms with Crippen LogP contribution in [0, 0.1) is 10.5 Å². The summed E-state index contributed by atoms with van der Waals surface area (Å²) in [6.07, 6.45) is 0. The van der Waals surface area contributed by atoms with Crippen molar-refractivity contribution in [2.24, 2.45) is 0 Å². The van der Waals surface area contributed by atoms with Crippen LogP contribution in [0.1, 0.15) is 15.2 Å². The minimum Gasteiger partial charge on any atom is -0.454 e. The van der Waals surface area contributed by atoms with E-state index < -0.39 is 24.4 Å². The first kappa shape index (κ1) is 21.5. The first-order valence-electron chi connectivity index (χ1n) is 8.52. The van der Waals surface area contributed by atoms with Gasteiger partial charge in [-0.1, -0.05) is 29.8 Å². The molecule has 2 amide bonds. The fourth-order valence-electron chi connectivity index (χ4n) is 2.54. The van der Waals surface area contributed by atoms with Crippen molar-refractivity contribution in [1.82, 2.24) is 5.32 Å². The monoisotopic (exact) mass is 542 g/mol. The standard InChI is InChI=1S/C20H16ClIN2O4S/c1-11-8-12(22)6-7-14(11)24-16(25)10-28-17(26)9-23-20(27)19-18(21)13-4-2-3-5-15(13)29-19/h2-8H,9-10H2,1H3,(H,23,27)(H,24,25). The first-order chi connectivity index (χ1) is 13.8. The van der Waals surface area contributed by atoms with Gasteiger partial charge >= 0.3 is 5.97 Å². The number of nitrogens with one attached hydrogen (secondary N) is 2. The molecule has 0 fully saturated rings. The van der Waals surface area contributed by atoms with Gasteiger partial charge in [-0.05, 0) is 59.3 Å². The summed E-state index contributed by atoms with van der Waals surface area (Å²) in [5.41, 5.74) is 1.56. The van der Waals surface area contributed by atoms with Crippen molar-refractivity contribution in [1.29, 1.82) is 0 Å². The van der Waals surface area contributed by atoms with Gasteiger partial charge in [0.1, 0.15) is 11.4 Å². The molecule has 0 radical (unpaired) electrons. The Bertz CT molecular complexity index is 1100. The van der Waals surface area contributed by atoms with Crippen molar-refractivity contribution < 1.29 is 19.1 Å². The number of benzene rings is 2. The van der Waals surface area contributed by atoms with Gasteiger partial charge in [-0.25, -0.2) is 0 Å². The Labute approximate surface area is 189 Å². The average molecular weight is 543 g/mol. The molecule has 9 heteroatoms. The molecule has 0 atom stereocenters. The molecule has 1 heterocycles. The van der Waals surface area contributed by atoms with Crippen LogP contribution in [-0.4, -0.2) is 30.9 Å². The van der Waals surface area contributed by atoms with E-state index in [4.69, 9.17) is 16.3 Å². The Hall–Kier alpha value is -2.17. The van der Waals surface area contributed by atoms with Crippen molar-refractivity contribution in [3.05, 3.63) is 61.5 Å². The number of hydrogen-bond donors (Lipinski definition) is 2. The van der Waals surface area contributed by atoms with Crippen LogP contribution in [-0.2, 0) is 14.3 Å². The zero-order valence-corrected chi connectivity index (χ0v) is 19.0. The van der Waals surface area contributed by atoms with Gasteiger partial charge in [0, 0.05) is 19.3 Å². The molecular formula is C20H16ClIN2O4S. The van der Waals surface area contributed by atoms with E-state index in [1.807, 2.05) is 43.3 Å². The number of carbonyl (C=O) groups excluding carboxylic acids is 3. The minimum atomic E-state index is -0.718. The number of fused-ring (bicyclic) bond motifs is 1. The van der Waals surface area contributed by atoms with E-state index in [1.54, 1.807) is 6.07 Å². The third-order valence-corrected chi connectivity index (χ3v) is 6.31. The fraction of sp³-hybridized carbons (Fsp3) is 0.150. The van der Waals surface area contributed by atoms with E-state index in [-0.39, 0.29) is 6.54 Å². The number of ether oxygens (including phenoxy) is 1. The molecule has 150 valence electrons. The van der Waals surface area contributed by atoms with Crippen molar-refractivity contribution in [3.63, 3.8) is 0 Å². The van der Waals surface area contributed by atoms with Gasteiger partial charge in [0.05, 0.1) is 5.02 Å². The van der Waals surface area contributed by atoms with Gasteiger partial charge in [-0.15, -0.1) is 11.3 Å². The molecule has 3 aromatic rings. The van der Waals surface area contributed by atoms with Crippen LogP contribution >= 0.6 is 45.5 Å². The van der Waals surface area contributed by atoms with E-state index in [9.17, 15) is 14.4 Å². The molecule has 0 spiro atoms. The Morgan fingerprint density at radius 3 is 2.66 bits per heavy atom. The number of thiophene rings is 1. The number of amides is 2. The SMILES string of the molecule is Cc1cc(I)ccc1NC(=O)COC(=O)CNC(=O)c1sc2ccccc2c1Cl.